The van der Waals surface area contributed by atoms with Gasteiger partial charge in [0.1, 0.15) is 17.2 Å². The summed E-state index contributed by atoms with van der Waals surface area (Å²) in [4.78, 5) is 14.0. The second-order valence-corrected chi connectivity index (χ2v) is 5.63. The molecule has 2 aromatic carbocycles. The van der Waals surface area contributed by atoms with Crippen LogP contribution in [0.15, 0.2) is 54.2 Å². The van der Waals surface area contributed by atoms with E-state index < -0.39 is 12.5 Å². The number of carbonyl (C=O) groups excluding carboxylic acids is 1. The lowest BCUT2D eigenvalue weighted by Crippen LogP contribution is -2.30. The summed E-state index contributed by atoms with van der Waals surface area (Å²) >= 11 is 5.24. The van der Waals surface area contributed by atoms with Crippen LogP contribution in [0.4, 0.5) is 14.5 Å². The Morgan fingerprint density at radius 3 is 2.69 bits per heavy atom. The first-order chi connectivity index (χ1) is 12.5. The van der Waals surface area contributed by atoms with E-state index in [1.807, 2.05) is 0 Å². The number of hydrogen-bond acceptors (Lipinski definition) is 4. The average Bonchev–Trinajstić information content (AvgIpc) is 2.90. The molecular formula is C18H14F2N2O3S. The molecule has 134 valence electrons. The fourth-order valence-electron chi connectivity index (χ4n) is 2.48. The Hall–Kier alpha value is -3.00. The third-order valence-corrected chi connectivity index (χ3v) is 3.91. The van der Waals surface area contributed by atoms with E-state index in [0.717, 1.165) is 0 Å². The molecule has 0 atom stereocenters. The Kier molecular flexibility index (Phi) is 5.13. The van der Waals surface area contributed by atoms with Crippen molar-refractivity contribution in [2.75, 3.05) is 12.0 Å². The lowest BCUT2D eigenvalue weighted by Gasteiger charge is -2.14. The van der Waals surface area contributed by atoms with Gasteiger partial charge in [-0.3, -0.25) is 9.69 Å². The van der Waals surface area contributed by atoms with Crippen molar-refractivity contribution in [2.24, 2.45) is 0 Å². The minimum absolute atomic E-state index is 0.0321. The Morgan fingerprint density at radius 1 is 1.19 bits per heavy atom. The van der Waals surface area contributed by atoms with Crippen LogP contribution >= 0.6 is 12.2 Å². The maximum Gasteiger partial charge on any atom is 0.387 e. The van der Waals surface area contributed by atoms with Crippen molar-refractivity contribution < 1.29 is 23.0 Å². The van der Waals surface area contributed by atoms with E-state index in [2.05, 4.69) is 10.1 Å². The molecular weight excluding hydrogens is 362 g/mol. The van der Waals surface area contributed by atoms with Crippen LogP contribution in [0, 0.1) is 0 Å². The summed E-state index contributed by atoms with van der Waals surface area (Å²) in [5.74, 6) is 0.136. The van der Waals surface area contributed by atoms with Gasteiger partial charge in [-0.1, -0.05) is 24.3 Å². The Bertz CT molecular complexity index is 886. The number of benzene rings is 2. The van der Waals surface area contributed by atoms with E-state index in [4.69, 9.17) is 17.0 Å². The Labute approximate surface area is 153 Å². The zero-order valence-corrected chi connectivity index (χ0v) is 14.4. The number of anilines is 1. The van der Waals surface area contributed by atoms with E-state index in [9.17, 15) is 13.6 Å². The number of halogens is 2. The van der Waals surface area contributed by atoms with Gasteiger partial charge in [0.05, 0.1) is 12.8 Å². The van der Waals surface area contributed by atoms with Crippen molar-refractivity contribution >= 4 is 35.0 Å². The molecule has 0 unspecified atom stereocenters. The van der Waals surface area contributed by atoms with Crippen LogP contribution in [0.3, 0.4) is 0 Å². The molecule has 2 aromatic rings. The van der Waals surface area contributed by atoms with Crippen LogP contribution in [0.1, 0.15) is 5.56 Å². The van der Waals surface area contributed by atoms with Crippen LogP contribution in [-0.4, -0.2) is 24.7 Å². The van der Waals surface area contributed by atoms with Crippen LogP contribution in [0.2, 0.25) is 0 Å². The van der Waals surface area contributed by atoms with Gasteiger partial charge in [-0.2, -0.15) is 8.78 Å². The number of alkyl halides is 2. The van der Waals surface area contributed by atoms with Gasteiger partial charge in [-0.05, 0) is 36.5 Å². The zero-order chi connectivity index (χ0) is 18.7. The molecule has 3 rings (SSSR count). The molecule has 1 fully saturated rings. The van der Waals surface area contributed by atoms with E-state index in [1.165, 1.54) is 24.2 Å². The number of carbonyl (C=O) groups is 1. The Morgan fingerprint density at radius 2 is 1.96 bits per heavy atom. The first-order valence-corrected chi connectivity index (χ1v) is 7.95. The highest BCUT2D eigenvalue weighted by Crippen LogP contribution is 2.28. The normalized spacial score (nSPS) is 15.5. The van der Waals surface area contributed by atoms with Gasteiger partial charge in [0.25, 0.3) is 5.91 Å². The predicted octanol–water partition coefficient (Wildman–Crippen LogP) is 3.56. The van der Waals surface area contributed by atoms with Crippen molar-refractivity contribution in [3.05, 3.63) is 59.8 Å². The van der Waals surface area contributed by atoms with Gasteiger partial charge in [-0.25, -0.2) is 0 Å². The number of hydrogen-bond donors (Lipinski definition) is 1. The molecule has 8 heteroatoms. The summed E-state index contributed by atoms with van der Waals surface area (Å²) in [6.07, 6.45) is 1.42. The summed E-state index contributed by atoms with van der Waals surface area (Å²) in [7, 11) is 1.52. The molecule has 26 heavy (non-hydrogen) atoms. The summed E-state index contributed by atoms with van der Waals surface area (Å²) in [6, 6.07) is 13.0. The third kappa shape index (κ3) is 3.65. The standard InChI is InChI=1S/C18H14F2N2O3S/c1-24-13-7-4-6-12(10-13)22-16(23)14(21-18(22)26)9-11-5-2-3-8-15(11)25-17(19)20/h2-10,17H,1H3,(H,21,26)/b14-9+. The smallest absolute Gasteiger partial charge is 0.387 e. The van der Waals surface area contributed by atoms with E-state index >= 15 is 0 Å². The number of rotatable bonds is 5. The van der Waals surface area contributed by atoms with Gasteiger partial charge in [-0.15, -0.1) is 0 Å². The van der Waals surface area contributed by atoms with Crippen molar-refractivity contribution in [3.63, 3.8) is 0 Å². The highest BCUT2D eigenvalue weighted by molar-refractivity contribution is 7.80. The van der Waals surface area contributed by atoms with Crippen LogP contribution in [0.25, 0.3) is 6.08 Å². The first-order valence-electron chi connectivity index (χ1n) is 7.54. The van der Waals surface area contributed by atoms with Gasteiger partial charge in [0.2, 0.25) is 0 Å². The summed E-state index contributed by atoms with van der Waals surface area (Å²) in [6.45, 7) is -2.96. The number of thiocarbonyl (C=S) groups is 1. The predicted molar refractivity (Wildman–Crippen MR) is 97.3 cm³/mol. The quantitative estimate of drug-likeness (QED) is 0.639. The third-order valence-electron chi connectivity index (χ3n) is 3.62. The molecule has 1 aliphatic heterocycles. The molecule has 1 amide bonds. The fourth-order valence-corrected chi connectivity index (χ4v) is 2.78. The van der Waals surface area contributed by atoms with Crippen molar-refractivity contribution in [2.45, 2.75) is 6.61 Å². The molecule has 1 heterocycles. The second-order valence-electron chi connectivity index (χ2n) is 5.25. The average molecular weight is 376 g/mol. The molecule has 0 aliphatic carbocycles. The number of nitrogens with zero attached hydrogens (tertiary/aromatic N) is 1. The van der Waals surface area contributed by atoms with Crippen LogP contribution < -0.4 is 19.7 Å². The van der Waals surface area contributed by atoms with Crippen molar-refractivity contribution in [1.29, 1.82) is 0 Å². The largest absolute Gasteiger partial charge is 0.497 e. The zero-order valence-electron chi connectivity index (χ0n) is 13.6. The summed E-state index contributed by atoms with van der Waals surface area (Å²) in [5, 5.41) is 2.99. The maximum atomic E-state index is 12.7. The fraction of sp³-hybridized carbons (Fsp3) is 0.111. The second kappa shape index (κ2) is 7.49. The molecule has 0 saturated carbocycles. The number of ether oxygens (including phenoxy) is 2. The highest BCUT2D eigenvalue weighted by Gasteiger charge is 2.32. The highest BCUT2D eigenvalue weighted by atomic mass is 32.1. The number of para-hydroxylation sites is 1. The van der Waals surface area contributed by atoms with Crippen LogP contribution in [-0.2, 0) is 4.79 Å². The van der Waals surface area contributed by atoms with E-state index in [-0.39, 0.29) is 16.6 Å². The lowest BCUT2D eigenvalue weighted by molar-refractivity contribution is -0.113. The molecule has 0 aromatic heterocycles. The van der Waals surface area contributed by atoms with Gasteiger partial charge < -0.3 is 14.8 Å². The number of methoxy groups -OCH3 is 1. The van der Waals surface area contributed by atoms with E-state index in [1.54, 1.807) is 42.5 Å². The molecule has 0 bridgehead atoms. The molecule has 1 N–H and O–H groups in total. The molecule has 1 saturated heterocycles. The molecule has 0 spiro atoms. The minimum atomic E-state index is -2.96. The number of amides is 1. The SMILES string of the molecule is COc1cccc(N2C(=O)/C(=C\c3ccccc3OC(F)F)NC2=S)c1. The molecule has 5 nitrogen and oxygen atoms in total. The van der Waals surface area contributed by atoms with Crippen LogP contribution in [0.5, 0.6) is 11.5 Å². The first kappa shape index (κ1) is 17.8. The number of nitrogens with one attached hydrogen (secondary N) is 1. The van der Waals surface area contributed by atoms with Crippen molar-refractivity contribution in [1.82, 2.24) is 5.32 Å². The lowest BCUT2D eigenvalue weighted by atomic mass is 10.1. The molecule has 1 aliphatic rings. The van der Waals surface area contributed by atoms with Gasteiger partial charge in [0, 0.05) is 11.6 Å². The maximum absolute atomic E-state index is 12.7. The topological polar surface area (TPSA) is 50.8 Å². The van der Waals surface area contributed by atoms with Crippen molar-refractivity contribution in [3.8, 4) is 11.5 Å². The van der Waals surface area contributed by atoms with Gasteiger partial charge >= 0.3 is 6.61 Å². The summed E-state index contributed by atoms with van der Waals surface area (Å²) in [5.41, 5.74) is 1.02. The minimum Gasteiger partial charge on any atom is -0.497 e. The van der Waals surface area contributed by atoms with Gasteiger partial charge in [0.15, 0.2) is 5.11 Å². The summed E-state index contributed by atoms with van der Waals surface area (Å²) < 4.78 is 34.7. The van der Waals surface area contributed by atoms with E-state index in [0.29, 0.717) is 17.0 Å². The Balaban J connectivity index is 1.93. The molecule has 0 radical (unpaired) electrons. The monoisotopic (exact) mass is 376 g/mol.